The molecule has 2 fully saturated rings. The minimum atomic E-state index is -0.0961. The monoisotopic (exact) mass is 216 g/mol. The fourth-order valence-electron chi connectivity index (χ4n) is 3.24. The Kier molecular flexibility index (Phi) is 2.72. The molecule has 16 heavy (non-hydrogen) atoms. The van der Waals surface area contributed by atoms with Gasteiger partial charge in [-0.15, -0.1) is 0 Å². The van der Waals surface area contributed by atoms with Crippen molar-refractivity contribution in [3.63, 3.8) is 0 Å². The Morgan fingerprint density at radius 1 is 0.875 bits per heavy atom. The number of benzene rings is 1. The molecule has 86 valence electrons. The van der Waals surface area contributed by atoms with Crippen molar-refractivity contribution in [1.82, 2.24) is 0 Å². The molecular weight excluding hydrogens is 196 g/mol. The van der Waals surface area contributed by atoms with Gasteiger partial charge in [-0.2, -0.15) is 0 Å². The van der Waals surface area contributed by atoms with E-state index in [1.807, 2.05) is 0 Å². The number of aliphatic hydroxyl groups is 1. The highest BCUT2D eigenvalue weighted by atomic mass is 16.3. The number of hydrogen-bond donors (Lipinski definition) is 1. The maximum absolute atomic E-state index is 10.0. The Morgan fingerprint density at radius 3 is 2.12 bits per heavy atom. The van der Waals surface area contributed by atoms with Gasteiger partial charge < -0.3 is 5.11 Å². The van der Waals surface area contributed by atoms with Crippen molar-refractivity contribution >= 4 is 0 Å². The Balaban J connectivity index is 1.92. The summed E-state index contributed by atoms with van der Waals surface area (Å²) >= 11 is 0. The first-order valence-electron chi connectivity index (χ1n) is 6.63. The van der Waals surface area contributed by atoms with Gasteiger partial charge in [-0.05, 0) is 42.7 Å². The first-order chi connectivity index (χ1) is 7.86. The van der Waals surface area contributed by atoms with E-state index in [2.05, 4.69) is 24.3 Å². The van der Waals surface area contributed by atoms with Gasteiger partial charge in [-0.25, -0.2) is 0 Å². The maximum Gasteiger partial charge on any atom is 0.0608 e. The van der Waals surface area contributed by atoms with Crippen molar-refractivity contribution in [2.24, 2.45) is 0 Å². The van der Waals surface area contributed by atoms with Gasteiger partial charge in [-0.3, -0.25) is 0 Å². The number of hydrogen-bond acceptors (Lipinski definition) is 1. The molecule has 0 radical (unpaired) electrons. The van der Waals surface area contributed by atoms with E-state index in [0.29, 0.717) is 5.92 Å². The standard InChI is InChI=1S/C15H20O/c16-15-10-4-9-14(15)13-8-2-1-7-12(13)11-5-3-6-11/h1-2,7-8,11,14-16H,3-6,9-10H2. The Bertz CT molecular complexity index is 367. The first-order valence-corrected chi connectivity index (χ1v) is 6.63. The van der Waals surface area contributed by atoms with Gasteiger partial charge in [0, 0.05) is 5.92 Å². The van der Waals surface area contributed by atoms with E-state index in [-0.39, 0.29) is 6.10 Å². The molecule has 0 heterocycles. The van der Waals surface area contributed by atoms with E-state index < -0.39 is 0 Å². The van der Waals surface area contributed by atoms with E-state index in [4.69, 9.17) is 0 Å². The smallest absolute Gasteiger partial charge is 0.0608 e. The lowest BCUT2D eigenvalue weighted by molar-refractivity contribution is 0.163. The highest BCUT2D eigenvalue weighted by molar-refractivity contribution is 5.35. The summed E-state index contributed by atoms with van der Waals surface area (Å²) in [5.41, 5.74) is 2.97. The molecule has 2 saturated carbocycles. The van der Waals surface area contributed by atoms with Crippen LogP contribution in [0.4, 0.5) is 0 Å². The summed E-state index contributed by atoms with van der Waals surface area (Å²) in [7, 11) is 0. The molecule has 1 aromatic rings. The highest BCUT2D eigenvalue weighted by Gasteiger charge is 2.31. The molecule has 1 nitrogen and oxygen atoms in total. The average molecular weight is 216 g/mol. The van der Waals surface area contributed by atoms with Crippen LogP contribution < -0.4 is 0 Å². The predicted octanol–water partition coefficient (Wildman–Crippen LogP) is 3.58. The molecule has 1 N–H and O–H groups in total. The van der Waals surface area contributed by atoms with E-state index in [1.54, 1.807) is 0 Å². The van der Waals surface area contributed by atoms with Crippen molar-refractivity contribution in [1.29, 1.82) is 0 Å². The van der Waals surface area contributed by atoms with Crippen LogP contribution in [0.3, 0.4) is 0 Å². The lowest BCUT2D eigenvalue weighted by Crippen LogP contribution is -2.17. The maximum atomic E-state index is 10.0. The van der Waals surface area contributed by atoms with Gasteiger partial charge in [-0.1, -0.05) is 37.1 Å². The van der Waals surface area contributed by atoms with Gasteiger partial charge in [0.05, 0.1) is 6.10 Å². The van der Waals surface area contributed by atoms with Crippen LogP contribution in [-0.2, 0) is 0 Å². The molecule has 0 aromatic heterocycles. The lowest BCUT2D eigenvalue weighted by atomic mass is 9.75. The molecule has 0 saturated heterocycles. The summed E-state index contributed by atoms with van der Waals surface area (Å²) in [6, 6.07) is 8.80. The predicted molar refractivity (Wildman–Crippen MR) is 65.6 cm³/mol. The van der Waals surface area contributed by atoms with Gasteiger partial charge in [0.2, 0.25) is 0 Å². The summed E-state index contributed by atoms with van der Waals surface area (Å²) in [4.78, 5) is 0. The molecule has 3 rings (SSSR count). The van der Waals surface area contributed by atoms with Gasteiger partial charge in [0.25, 0.3) is 0 Å². The Labute approximate surface area is 97.5 Å². The average Bonchev–Trinajstić information content (AvgIpc) is 2.63. The van der Waals surface area contributed by atoms with Crippen molar-refractivity contribution in [2.75, 3.05) is 0 Å². The van der Waals surface area contributed by atoms with Crippen molar-refractivity contribution in [2.45, 2.75) is 56.5 Å². The molecule has 2 atom stereocenters. The molecule has 2 unspecified atom stereocenters. The van der Waals surface area contributed by atoms with Crippen molar-refractivity contribution in [3.05, 3.63) is 35.4 Å². The topological polar surface area (TPSA) is 20.2 Å². The largest absolute Gasteiger partial charge is 0.392 e. The third kappa shape index (κ3) is 1.67. The van der Waals surface area contributed by atoms with Gasteiger partial charge in [0.15, 0.2) is 0 Å². The molecule has 2 aliphatic carbocycles. The summed E-state index contributed by atoms with van der Waals surface area (Å²) in [5, 5.41) is 10.0. The van der Waals surface area contributed by atoms with E-state index in [9.17, 15) is 5.11 Å². The minimum absolute atomic E-state index is 0.0961. The highest BCUT2D eigenvalue weighted by Crippen LogP contribution is 2.43. The zero-order valence-corrected chi connectivity index (χ0v) is 9.73. The van der Waals surface area contributed by atoms with Gasteiger partial charge in [0.1, 0.15) is 0 Å². The van der Waals surface area contributed by atoms with E-state index >= 15 is 0 Å². The van der Waals surface area contributed by atoms with E-state index in [0.717, 1.165) is 12.3 Å². The summed E-state index contributed by atoms with van der Waals surface area (Å²) in [6.45, 7) is 0. The number of rotatable bonds is 2. The van der Waals surface area contributed by atoms with Crippen molar-refractivity contribution < 1.29 is 5.11 Å². The third-order valence-electron chi connectivity index (χ3n) is 4.42. The zero-order valence-electron chi connectivity index (χ0n) is 9.73. The molecule has 0 spiro atoms. The second kappa shape index (κ2) is 4.21. The Hall–Kier alpha value is -0.820. The van der Waals surface area contributed by atoms with Crippen LogP contribution in [0.15, 0.2) is 24.3 Å². The summed E-state index contributed by atoms with van der Waals surface area (Å²) in [5.74, 6) is 1.20. The zero-order chi connectivity index (χ0) is 11.0. The number of aliphatic hydroxyl groups excluding tert-OH is 1. The molecule has 1 heteroatoms. The van der Waals surface area contributed by atoms with Crippen LogP contribution in [0.1, 0.15) is 61.5 Å². The Morgan fingerprint density at radius 2 is 1.56 bits per heavy atom. The second-order valence-corrected chi connectivity index (χ2v) is 5.36. The molecule has 0 amide bonds. The first kappa shape index (κ1) is 10.3. The SMILES string of the molecule is OC1CCCC1c1ccccc1C1CCC1. The fraction of sp³-hybridized carbons (Fsp3) is 0.600. The fourth-order valence-corrected chi connectivity index (χ4v) is 3.24. The van der Waals surface area contributed by atoms with Crippen LogP contribution in [0.5, 0.6) is 0 Å². The van der Waals surface area contributed by atoms with Crippen LogP contribution in [0, 0.1) is 0 Å². The molecule has 1 aromatic carbocycles. The van der Waals surface area contributed by atoms with Crippen molar-refractivity contribution in [3.8, 4) is 0 Å². The van der Waals surface area contributed by atoms with Crippen LogP contribution in [0.2, 0.25) is 0 Å². The molecule has 2 aliphatic rings. The van der Waals surface area contributed by atoms with Gasteiger partial charge >= 0.3 is 0 Å². The summed E-state index contributed by atoms with van der Waals surface area (Å²) < 4.78 is 0. The van der Waals surface area contributed by atoms with E-state index in [1.165, 1.54) is 43.2 Å². The summed E-state index contributed by atoms with van der Waals surface area (Å²) in [6.07, 6.45) is 7.33. The lowest BCUT2D eigenvalue weighted by Gasteiger charge is -2.30. The van der Waals surface area contributed by atoms with Crippen LogP contribution in [-0.4, -0.2) is 11.2 Å². The van der Waals surface area contributed by atoms with Crippen LogP contribution >= 0.6 is 0 Å². The normalized spacial score (nSPS) is 30.3. The molecular formula is C15H20O. The third-order valence-corrected chi connectivity index (χ3v) is 4.42. The van der Waals surface area contributed by atoms with Crippen LogP contribution in [0.25, 0.3) is 0 Å². The molecule has 0 bridgehead atoms. The second-order valence-electron chi connectivity index (χ2n) is 5.36. The quantitative estimate of drug-likeness (QED) is 0.801. The minimum Gasteiger partial charge on any atom is -0.392 e. The molecule has 0 aliphatic heterocycles.